The Morgan fingerprint density at radius 1 is 1.40 bits per heavy atom. The van der Waals surface area contributed by atoms with Crippen molar-refractivity contribution >= 4 is 15.8 Å². The van der Waals surface area contributed by atoms with Crippen molar-refractivity contribution in [3.05, 3.63) is 18.3 Å². The largest absolute Gasteiger partial charge is 0.358 e. The molecule has 2 heterocycles. The molecule has 0 saturated carbocycles. The number of primary sulfonamides is 1. The van der Waals surface area contributed by atoms with E-state index in [1.807, 2.05) is 11.9 Å². The van der Waals surface area contributed by atoms with Gasteiger partial charge in [-0.3, -0.25) is 4.90 Å². The zero-order chi connectivity index (χ0) is 14.6. The van der Waals surface area contributed by atoms with Gasteiger partial charge in [0, 0.05) is 52.5 Å². The maximum Gasteiger partial charge on any atom is 0.239 e. The molecule has 8 heteroatoms. The summed E-state index contributed by atoms with van der Waals surface area (Å²) in [5, 5.41) is 8.36. The monoisotopic (exact) mass is 299 g/mol. The second-order valence-electron chi connectivity index (χ2n) is 4.91. The molecule has 0 radical (unpaired) electrons. The Hall–Kier alpha value is -1.22. The zero-order valence-electron chi connectivity index (χ0n) is 11.6. The number of hydrogen-bond donors (Lipinski definition) is 2. The number of anilines is 1. The number of hydrogen-bond acceptors (Lipinski definition) is 6. The molecule has 0 unspecified atom stereocenters. The number of nitrogens with one attached hydrogen (secondary N) is 1. The summed E-state index contributed by atoms with van der Waals surface area (Å²) in [6.07, 6.45) is 1.30. The summed E-state index contributed by atoms with van der Waals surface area (Å²) in [6.45, 7) is 6.01. The summed E-state index contributed by atoms with van der Waals surface area (Å²) in [6, 6.07) is 3.16. The molecular formula is C12H21N5O2S. The molecule has 0 aromatic carbocycles. The van der Waals surface area contributed by atoms with E-state index in [-0.39, 0.29) is 4.90 Å². The fraction of sp³-hybridized carbons (Fsp3) is 0.583. The van der Waals surface area contributed by atoms with E-state index in [4.69, 9.17) is 5.14 Å². The second kappa shape index (κ2) is 6.49. The van der Waals surface area contributed by atoms with Crippen LogP contribution >= 0.6 is 0 Å². The Morgan fingerprint density at radius 3 is 2.65 bits per heavy atom. The number of nitrogens with two attached hydrogens (primary N) is 1. The van der Waals surface area contributed by atoms with Crippen LogP contribution in [-0.2, 0) is 10.0 Å². The van der Waals surface area contributed by atoms with Gasteiger partial charge in [-0.2, -0.15) is 0 Å². The molecule has 0 atom stereocenters. The van der Waals surface area contributed by atoms with Gasteiger partial charge in [0.15, 0.2) is 0 Å². The maximum absolute atomic E-state index is 11.2. The SMILES string of the molecule is CN(CCN1CCNCC1)c1ccc(S(N)(=O)=O)cn1. The van der Waals surface area contributed by atoms with Crippen LogP contribution in [0.3, 0.4) is 0 Å². The highest BCUT2D eigenvalue weighted by molar-refractivity contribution is 7.89. The number of sulfonamides is 1. The number of nitrogens with zero attached hydrogens (tertiary/aromatic N) is 3. The molecule has 0 amide bonds. The van der Waals surface area contributed by atoms with E-state index in [9.17, 15) is 8.42 Å². The summed E-state index contributed by atoms with van der Waals surface area (Å²) in [4.78, 5) is 8.59. The molecule has 0 aliphatic carbocycles. The predicted molar refractivity (Wildman–Crippen MR) is 78.2 cm³/mol. The first kappa shape index (κ1) is 15.2. The molecule has 1 aromatic heterocycles. The topological polar surface area (TPSA) is 91.6 Å². The quantitative estimate of drug-likeness (QED) is 0.730. The van der Waals surface area contributed by atoms with Gasteiger partial charge in [-0.1, -0.05) is 0 Å². The van der Waals surface area contributed by atoms with Crippen LogP contribution in [-0.4, -0.2) is 64.6 Å². The van der Waals surface area contributed by atoms with Crippen LogP contribution in [0.15, 0.2) is 23.2 Å². The maximum atomic E-state index is 11.2. The van der Waals surface area contributed by atoms with Crippen LogP contribution in [0.2, 0.25) is 0 Å². The molecule has 1 fully saturated rings. The van der Waals surface area contributed by atoms with E-state index in [0.29, 0.717) is 0 Å². The molecule has 1 aromatic rings. The van der Waals surface area contributed by atoms with E-state index < -0.39 is 10.0 Å². The van der Waals surface area contributed by atoms with Crippen molar-refractivity contribution < 1.29 is 8.42 Å². The standard InChI is InChI=1S/C12H21N5O2S/c1-16(8-9-17-6-4-14-5-7-17)12-3-2-11(10-15-12)20(13,18)19/h2-3,10,14H,4-9H2,1H3,(H2,13,18,19). The normalized spacial score (nSPS) is 17.1. The van der Waals surface area contributed by atoms with Crippen LogP contribution in [0.25, 0.3) is 0 Å². The Morgan fingerprint density at radius 2 is 2.10 bits per heavy atom. The lowest BCUT2D eigenvalue weighted by Crippen LogP contribution is -2.46. The molecule has 3 N–H and O–H groups in total. The van der Waals surface area contributed by atoms with Gasteiger partial charge in [-0.05, 0) is 12.1 Å². The number of piperazine rings is 1. The van der Waals surface area contributed by atoms with Crippen LogP contribution in [0.1, 0.15) is 0 Å². The molecule has 20 heavy (non-hydrogen) atoms. The average Bonchev–Trinajstić information content (AvgIpc) is 2.45. The van der Waals surface area contributed by atoms with Gasteiger partial charge < -0.3 is 10.2 Å². The van der Waals surface area contributed by atoms with Crippen molar-refractivity contribution in [1.82, 2.24) is 15.2 Å². The van der Waals surface area contributed by atoms with Crippen molar-refractivity contribution in [3.8, 4) is 0 Å². The molecule has 112 valence electrons. The Labute approximate surface area is 119 Å². The molecule has 7 nitrogen and oxygen atoms in total. The lowest BCUT2D eigenvalue weighted by atomic mass is 10.3. The number of rotatable bonds is 5. The van der Waals surface area contributed by atoms with Crippen LogP contribution in [0.4, 0.5) is 5.82 Å². The summed E-state index contributed by atoms with van der Waals surface area (Å²) in [5.41, 5.74) is 0. The first-order valence-corrected chi connectivity index (χ1v) is 8.14. The van der Waals surface area contributed by atoms with Crippen LogP contribution in [0, 0.1) is 0 Å². The summed E-state index contributed by atoms with van der Waals surface area (Å²) in [5.74, 6) is 0.743. The summed E-state index contributed by atoms with van der Waals surface area (Å²) in [7, 11) is -1.73. The number of likely N-dealkylation sites (N-methyl/N-ethyl adjacent to an activating group) is 1. The van der Waals surface area contributed by atoms with E-state index in [1.54, 1.807) is 6.07 Å². The highest BCUT2D eigenvalue weighted by atomic mass is 32.2. The van der Waals surface area contributed by atoms with Crippen LogP contribution in [0.5, 0.6) is 0 Å². The smallest absolute Gasteiger partial charge is 0.239 e. The third-order valence-electron chi connectivity index (χ3n) is 3.40. The lowest BCUT2D eigenvalue weighted by Gasteiger charge is -2.29. The molecular weight excluding hydrogens is 278 g/mol. The van der Waals surface area contributed by atoms with Gasteiger partial charge in [0.25, 0.3) is 0 Å². The van der Waals surface area contributed by atoms with Crippen molar-refractivity contribution in [1.29, 1.82) is 0 Å². The van der Waals surface area contributed by atoms with Gasteiger partial charge in [0.2, 0.25) is 10.0 Å². The molecule has 0 spiro atoms. The minimum Gasteiger partial charge on any atom is -0.358 e. The van der Waals surface area contributed by atoms with Gasteiger partial charge in [0.05, 0.1) is 0 Å². The summed E-state index contributed by atoms with van der Waals surface area (Å²) < 4.78 is 22.3. The van der Waals surface area contributed by atoms with E-state index in [2.05, 4.69) is 15.2 Å². The van der Waals surface area contributed by atoms with Crippen molar-refractivity contribution in [2.24, 2.45) is 5.14 Å². The van der Waals surface area contributed by atoms with E-state index in [1.165, 1.54) is 12.3 Å². The minimum absolute atomic E-state index is 0.0387. The average molecular weight is 299 g/mol. The highest BCUT2D eigenvalue weighted by Gasteiger charge is 2.12. The van der Waals surface area contributed by atoms with Crippen molar-refractivity contribution in [2.75, 3.05) is 51.2 Å². The van der Waals surface area contributed by atoms with Gasteiger partial charge in [-0.15, -0.1) is 0 Å². The third-order valence-corrected chi connectivity index (χ3v) is 4.30. The molecule has 0 bridgehead atoms. The van der Waals surface area contributed by atoms with E-state index >= 15 is 0 Å². The van der Waals surface area contributed by atoms with Crippen molar-refractivity contribution in [3.63, 3.8) is 0 Å². The minimum atomic E-state index is -3.67. The number of aromatic nitrogens is 1. The lowest BCUT2D eigenvalue weighted by molar-refractivity contribution is 0.246. The molecule has 1 aliphatic rings. The summed E-state index contributed by atoms with van der Waals surface area (Å²) >= 11 is 0. The van der Waals surface area contributed by atoms with Crippen LogP contribution < -0.4 is 15.4 Å². The Bertz CT molecular complexity index is 525. The number of pyridine rings is 1. The Balaban J connectivity index is 1.90. The zero-order valence-corrected chi connectivity index (χ0v) is 12.4. The third kappa shape index (κ3) is 4.14. The molecule has 2 rings (SSSR count). The van der Waals surface area contributed by atoms with E-state index in [0.717, 1.165) is 45.1 Å². The van der Waals surface area contributed by atoms with Crippen molar-refractivity contribution in [2.45, 2.75) is 4.90 Å². The first-order valence-electron chi connectivity index (χ1n) is 6.60. The first-order chi connectivity index (χ1) is 9.47. The molecule has 1 saturated heterocycles. The second-order valence-corrected chi connectivity index (χ2v) is 6.47. The fourth-order valence-corrected chi connectivity index (χ4v) is 2.56. The van der Waals surface area contributed by atoms with Gasteiger partial charge in [-0.25, -0.2) is 18.5 Å². The fourth-order valence-electron chi connectivity index (χ4n) is 2.11. The Kier molecular flexibility index (Phi) is 4.92. The highest BCUT2D eigenvalue weighted by Crippen LogP contribution is 2.12. The van der Waals surface area contributed by atoms with Gasteiger partial charge >= 0.3 is 0 Å². The van der Waals surface area contributed by atoms with Gasteiger partial charge in [0.1, 0.15) is 10.7 Å². The predicted octanol–water partition coefficient (Wildman–Crippen LogP) is -0.930. The molecule has 1 aliphatic heterocycles.